The van der Waals surface area contributed by atoms with Gasteiger partial charge in [-0.25, -0.2) is 4.98 Å². The Balaban J connectivity index is 0. The predicted molar refractivity (Wildman–Crippen MR) is 57.2 cm³/mol. The Hall–Kier alpha value is -1.22. The first-order chi connectivity index (χ1) is 8.61. The van der Waals surface area contributed by atoms with Gasteiger partial charge < -0.3 is 40.3 Å². The van der Waals surface area contributed by atoms with Crippen LogP contribution in [0, 0.1) is 0 Å². The average Bonchev–Trinajstić information content (AvgIpc) is 2.66. The fraction of sp³-hybridized carbons (Fsp3) is 0.375. The maximum Gasteiger partial charge on any atom is 2.00 e. The molecule has 0 aromatic carbocycles. The Morgan fingerprint density at radius 2 is 2.00 bits per heavy atom. The molecule has 0 unspecified atom stereocenters. The second-order valence-corrected chi connectivity index (χ2v) is 5.05. The van der Waals surface area contributed by atoms with Crippen LogP contribution in [0.15, 0.2) is 12.5 Å². The Labute approximate surface area is 124 Å². The van der Waals surface area contributed by atoms with Crippen LogP contribution in [0.3, 0.4) is 0 Å². The van der Waals surface area contributed by atoms with Crippen LogP contribution in [0.25, 0.3) is 0 Å². The molecular weight excluding hydrogens is 345 g/mol. The third kappa shape index (κ3) is 11.8. The molecule has 1 aromatic rings. The number of imidazole rings is 1. The van der Waals surface area contributed by atoms with Gasteiger partial charge in [-0.05, 0) is 0 Å². The zero-order valence-electron chi connectivity index (χ0n) is 9.86. The summed E-state index contributed by atoms with van der Waals surface area (Å²) in [6, 6.07) is -0.963. The minimum Gasteiger partial charge on any atom is -0.549 e. The van der Waals surface area contributed by atoms with Gasteiger partial charge in [0.25, 0.3) is 0 Å². The molecule has 1 atom stereocenters. The normalized spacial score (nSPS) is 11.6. The van der Waals surface area contributed by atoms with Crippen LogP contribution < -0.4 is 15.9 Å². The zero-order valence-corrected chi connectivity index (χ0v) is 11.7. The van der Waals surface area contributed by atoms with Crippen LogP contribution in [-0.2, 0) is 37.6 Å². The average molecular weight is 357 g/mol. The van der Waals surface area contributed by atoms with E-state index in [4.69, 9.17) is 15.5 Å². The Kier molecular flexibility index (Phi) is 10.2. The van der Waals surface area contributed by atoms with Crippen LogP contribution in [0.5, 0.6) is 0 Å². The van der Waals surface area contributed by atoms with Gasteiger partial charge in [-0.15, -0.1) is 0 Å². The van der Waals surface area contributed by atoms with Crippen molar-refractivity contribution in [2.45, 2.75) is 12.5 Å². The fourth-order valence-corrected chi connectivity index (χ4v) is 1.22. The summed E-state index contributed by atoms with van der Waals surface area (Å²) in [7, 11) is -4.38. The molecule has 20 heavy (non-hydrogen) atoms. The summed E-state index contributed by atoms with van der Waals surface area (Å²) in [4.78, 5) is 41.8. The zero-order chi connectivity index (χ0) is 15.1. The first kappa shape index (κ1) is 21.1. The summed E-state index contributed by atoms with van der Waals surface area (Å²) in [5.41, 5.74) is 5.89. The van der Waals surface area contributed by atoms with Crippen molar-refractivity contribution in [3.8, 4) is 0 Å². The topological polar surface area (TPSA) is 192 Å². The predicted octanol–water partition coefficient (Wildman–Crippen LogP) is -4.06. The number of carbonyl (C=O) groups excluding carboxylic acids is 2. The SMILES string of the molecule is N[C@@H](Cc1cnc[nH]1)C(=O)[O-].O=C([O-])CP(=O)(O)O.[Cu+2]. The van der Waals surface area contributed by atoms with Gasteiger partial charge in [0.05, 0.1) is 24.4 Å². The smallest absolute Gasteiger partial charge is 0.549 e. The third-order valence-corrected chi connectivity index (χ3v) is 2.30. The molecule has 1 heterocycles. The summed E-state index contributed by atoms with van der Waals surface area (Å²) in [6.45, 7) is 0. The molecule has 0 bridgehead atoms. The minimum absolute atomic E-state index is 0. The monoisotopic (exact) mass is 356 g/mol. The maximum atomic E-state index is 10.2. The Morgan fingerprint density at radius 3 is 2.25 bits per heavy atom. The van der Waals surface area contributed by atoms with Crippen molar-refractivity contribution in [3.05, 3.63) is 18.2 Å². The van der Waals surface area contributed by atoms with Gasteiger partial charge in [0.1, 0.15) is 0 Å². The molecule has 5 N–H and O–H groups in total. The number of rotatable bonds is 5. The van der Waals surface area contributed by atoms with Crippen molar-refractivity contribution in [1.29, 1.82) is 0 Å². The van der Waals surface area contributed by atoms with E-state index in [-0.39, 0.29) is 23.5 Å². The molecule has 1 radical (unpaired) electrons. The van der Waals surface area contributed by atoms with E-state index in [1.165, 1.54) is 12.5 Å². The van der Waals surface area contributed by atoms with Gasteiger partial charge in [-0.1, -0.05) is 0 Å². The van der Waals surface area contributed by atoms with E-state index >= 15 is 0 Å². The first-order valence-corrected chi connectivity index (χ1v) is 6.59. The minimum atomic E-state index is -4.38. The standard InChI is InChI=1S/C6H9N3O2.C2H5O5P.Cu/c7-5(6(10)11)1-4-2-8-3-9-4;3-2(4)1-8(5,6)7;/h2-3,5H,1,7H2,(H,8,9)(H,10,11);1H2,(H,3,4)(H2,5,6,7);/q;;+2/p-2/t5-;;/m0../s1. The molecule has 0 saturated carbocycles. The maximum absolute atomic E-state index is 10.2. The van der Waals surface area contributed by atoms with Crippen LogP contribution in [0.4, 0.5) is 0 Å². The summed E-state index contributed by atoms with van der Waals surface area (Å²) in [5, 5.41) is 19.6. The third-order valence-electron chi connectivity index (χ3n) is 1.63. The van der Waals surface area contributed by atoms with Gasteiger partial charge in [-0.2, -0.15) is 0 Å². The number of aliphatic carboxylic acids is 2. The molecule has 0 spiro atoms. The number of H-pyrrole nitrogens is 1. The van der Waals surface area contributed by atoms with E-state index in [1.807, 2.05) is 0 Å². The number of nitrogens with zero attached hydrogens (tertiary/aromatic N) is 1. The van der Waals surface area contributed by atoms with Crippen LogP contribution in [0.2, 0.25) is 0 Å². The van der Waals surface area contributed by atoms with Crippen molar-refractivity contribution in [2.75, 3.05) is 6.16 Å². The quantitative estimate of drug-likeness (QED) is 0.300. The van der Waals surface area contributed by atoms with Crippen LogP contribution >= 0.6 is 7.60 Å². The molecule has 0 aliphatic carbocycles. The molecule has 0 amide bonds. The van der Waals surface area contributed by atoms with Gasteiger partial charge in [0.2, 0.25) is 0 Å². The van der Waals surface area contributed by atoms with Gasteiger partial charge >= 0.3 is 24.7 Å². The van der Waals surface area contributed by atoms with Crippen molar-refractivity contribution in [3.63, 3.8) is 0 Å². The van der Waals surface area contributed by atoms with Crippen molar-refractivity contribution in [1.82, 2.24) is 9.97 Å². The molecule has 117 valence electrons. The molecular formula is C8H12CuN3O7P. The number of hydrogen-bond donors (Lipinski definition) is 4. The van der Waals surface area contributed by atoms with E-state index in [0.29, 0.717) is 5.69 Å². The number of aromatic nitrogens is 2. The first-order valence-electron chi connectivity index (χ1n) is 4.80. The van der Waals surface area contributed by atoms with E-state index < -0.39 is 31.7 Å². The summed E-state index contributed by atoms with van der Waals surface area (Å²) >= 11 is 0. The largest absolute Gasteiger partial charge is 2.00 e. The van der Waals surface area contributed by atoms with E-state index in [2.05, 4.69) is 9.97 Å². The number of aromatic amines is 1. The molecule has 12 heteroatoms. The van der Waals surface area contributed by atoms with Gasteiger partial charge in [0.15, 0.2) is 0 Å². The second-order valence-electron chi connectivity index (χ2n) is 3.40. The number of hydrogen-bond acceptors (Lipinski definition) is 7. The molecule has 0 aliphatic rings. The van der Waals surface area contributed by atoms with Gasteiger partial charge in [-0.3, -0.25) is 4.57 Å². The molecule has 10 nitrogen and oxygen atoms in total. The van der Waals surface area contributed by atoms with E-state index in [9.17, 15) is 24.4 Å². The second kappa shape index (κ2) is 9.65. The fourth-order valence-electron chi connectivity index (χ4n) is 0.885. The summed E-state index contributed by atoms with van der Waals surface area (Å²) < 4.78 is 9.72. The Morgan fingerprint density at radius 1 is 1.45 bits per heavy atom. The van der Waals surface area contributed by atoms with Crippen molar-refractivity contribution < 1.29 is 51.2 Å². The van der Waals surface area contributed by atoms with Crippen molar-refractivity contribution in [2.24, 2.45) is 5.73 Å². The van der Waals surface area contributed by atoms with Crippen molar-refractivity contribution >= 4 is 19.5 Å². The summed E-state index contributed by atoms with van der Waals surface area (Å²) in [5.74, 6) is -2.99. The van der Waals surface area contributed by atoms with Crippen LogP contribution in [0.1, 0.15) is 5.69 Å². The number of carbonyl (C=O) groups is 2. The molecule has 1 aromatic heterocycles. The number of nitrogens with one attached hydrogen (secondary N) is 1. The number of carboxylic acids is 2. The molecule has 0 saturated heterocycles. The molecule has 0 aliphatic heterocycles. The number of nitrogens with two attached hydrogens (primary N) is 1. The summed E-state index contributed by atoms with van der Waals surface area (Å²) in [6.07, 6.45) is 2.02. The molecule has 1 rings (SSSR count). The van der Waals surface area contributed by atoms with E-state index in [0.717, 1.165) is 0 Å². The Bertz CT molecular complexity index is 461. The molecule has 0 fully saturated rings. The van der Waals surface area contributed by atoms with E-state index in [1.54, 1.807) is 0 Å². The number of carboxylic acid groups (broad SMARTS) is 2. The van der Waals surface area contributed by atoms with Gasteiger partial charge in [0, 0.05) is 24.4 Å². The van der Waals surface area contributed by atoms with Crippen LogP contribution in [-0.4, -0.2) is 43.9 Å².